The van der Waals surface area contributed by atoms with Crippen LogP contribution in [-0.2, 0) is 48.7 Å². The Labute approximate surface area is 424 Å². The third-order valence-electron chi connectivity index (χ3n) is 12.1. The van der Waals surface area contributed by atoms with E-state index in [4.69, 9.17) is 75.3 Å². The van der Waals surface area contributed by atoms with E-state index in [1.165, 1.54) is 83.3 Å². The highest BCUT2D eigenvalue weighted by Gasteiger charge is 2.41. The molecule has 1 fully saturated rings. The number of ether oxygens (including phenoxy) is 2. The standard InChI is InChI=1S/C43H71N11O11P2S3/c1-3-4-5-6-7-8-9-10-11-12-13-14-17-20-33(56)46-21-18-15-16-19-22-60-66(57,58)61-26-32-30(24-35(64-32)54-28-48-37-39(54)51-43(2,45)52-41(37)69)65-67(59,70)62-25-31-29(55)23-34(63-31)53-27-47-36-38(53)49-42(44)50-40(36)68/h27-29,31,34-35,51,55H,3-26,45H2,1-2H3,(H,46,56)(H,52,69)(H,57,58)(H,59,70)(H3,44,49,50,68)/t29?,31?,34-,35-,43?,67?/m1/s1. The van der Waals surface area contributed by atoms with Gasteiger partial charge in [-0.1, -0.05) is 121 Å². The number of unbranched alkanes of at least 4 members (excludes halogenated alkanes) is 15. The fourth-order valence-electron chi connectivity index (χ4n) is 8.44. The van der Waals surface area contributed by atoms with Gasteiger partial charge in [0.15, 0.2) is 34.1 Å². The third kappa shape index (κ3) is 17.0. The molecule has 0 aliphatic carbocycles. The monoisotopic (exact) mass is 1080 g/mol. The van der Waals surface area contributed by atoms with E-state index in [-0.39, 0.29) is 54.1 Å². The number of carbonyl (C=O) groups is 1. The van der Waals surface area contributed by atoms with Gasteiger partial charge < -0.3 is 55.6 Å². The van der Waals surface area contributed by atoms with Gasteiger partial charge in [0.25, 0.3) is 0 Å². The number of nitrogen functional groups attached to an aromatic ring is 1. The van der Waals surface area contributed by atoms with Crippen molar-refractivity contribution < 1.29 is 51.8 Å². The van der Waals surface area contributed by atoms with E-state index in [0.29, 0.717) is 53.5 Å². The molecule has 11 N–H and O–H groups in total. The molecule has 3 aromatic heterocycles. The topological polar surface area (TPSA) is 303 Å². The number of aliphatic hydroxyl groups excluding tert-OH is 1. The van der Waals surface area contributed by atoms with Crippen LogP contribution in [0.2, 0.25) is 0 Å². The summed E-state index contributed by atoms with van der Waals surface area (Å²) in [5, 5.41) is 20.0. The minimum Gasteiger partial charge on any atom is -0.468 e. The molecular formula is C43H71N11O11P2S3. The molecular weight excluding hydrogens is 1000 g/mol. The van der Waals surface area contributed by atoms with Crippen molar-refractivity contribution in [2.24, 2.45) is 5.73 Å². The summed E-state index contributed by atoms with van der Waals surface area (Å²) in [6.45, 7) is -0.694. The number of rotatable bonds is 32. The van der Waals surface area contributed by atoms with Crippen molar-refractivity contribution in [3.05, 3.63) is 34.5 Å². The van der Waals surface area contributed by atoms with Gasteiger partial charge in [0.05, 0.1) is 32.1 Å². The van der Waals surface area contributed by atoms with Crippen LogP contribution >= 0.6 is 39.0 Å². The summed E-state index contributed by atoms with van der Waals surface area (Å²) in [7, 11) is -4.61. The first-order chi connectivity index (χ1) is 33.4. The molecule has 0 bridgehead atoms. The fraction of sp³-hybridized carbons (Fsp3) is 0.721. The Hall–Kier alpha value is -3.16. The number of imidazole rings is 2. The molecule has 7 atom stereocenters. The summed E-state index contributed by atoms with van der Waals surface area (Å²) in [6, 6.07) is 0. The summed E-state index contributed by atoms with van der Waals surface area (Å²) in [5.41, 5.74) is 13.4. The number of phosphoric ester groups is 1. The highest BCUT2D eigenvalue weighted by molar-refractivity contribution is 8.07. The maximum absolute atomic E-state index is 13.1. The highest BCUT2D eigenvalue weighted by Crippen LogP contribution is 2.52. The summed E-state index contributed by atoms with van der Waals surface area (Å²) < 4.78 is 50.9. The van der Waals surface area contributed by atoms with E-state index in [1.54, 1.807) is 16.1 Å². The third-order valence-corrected chi connectivity index (χ3v) is 15.2. The van der Waals surface area contributed by atoms with E-state index in [2.05, 4.69) is 42.8 Å². The predicted octanol–water partition coefficient (Wildman–Crippen LogP) is 7.61. The average Bonchev–Trinajstić information content (AvgIpc) is 4.09. The molecule has 0 radical (unpaired) electrons. The maximum Gasteiger partial charge on any atom is 0.472 e. The van der Waals surface area contributed by atoms with Crippen molar-refractivity contribution >= 4 is 84.6 Å². The summed E-state index contributed by atoms with van der Waals surface area (Å²) in [5.74, 6) is -0.648. The number of fused-ring (bicyclic) bond motifs is 2. The Kier molecular flexibility index (Phi) is 21.4. The SMILES string of the molecule is CCCCCCCCCCCCCCCC(=O)NCCCCCCOP(=O)(O)OCC1=C(OP(O)(=S)OCC2O[C@@H](n3cnc4c(=S)nc(N)[nH]c43)CC2O)C[C@H](n2cnc3c2NC(C)(N)NC3=S)O1. The number of nitrogens with one attached hydrogen (secondary N) is 4. The van der Waals surface area contributed by atoms with Gasteiger partial charge in [-0.05, 0) is 26.2 Å². The molecule has 1 amide bonds. The number of nitrogens with two attached hydrogens (primary N) is 2. The average molecular weight is 1080 g/mol. The second-order valence-electron chi connectivity index (χ2n) is 18.1. The largest absolute Gasteiger partial charge is 0.472 e. The molecule has 0 saturated carbocycles. The van der Waals surface area contributed by atoms with Gasteiger partial charge in [0.2, 0.25) is 5.91 Å². The van der Waals surface area contributed by atoms with Gasteiger partial charge in [0.1, 0.15) is 52.9 Å². The van der Waals surface area contributed by atoms with Gasteiger partial charge in [-0.2, -0.15) is 0 Å². The van der Waals surface area contributed by atoms with E-state index >= 15 is 0 Å². The van der Waals surface area contributed by atoms with Crippen LogP contribution in [0.1, 0.15) is 160 Å². The predicted molar refractivity (Wildman–Crippen MR) is 274 cm³/mol. The number of aromatic amines is 1. The molecule has 27 heteroatoms. The van der Waals surface area contributed by atoms with Gasteiger partial charge in [0, 0.05) is 31.2 Å². The molecule has 3 aromatic rings. The van der Waals surface area contributed by atoms with Crippen LogP contribution in [0.15, 0.2) is 24.2 Å². The van der Waals surface area contributed by atoms with Gasteiger partial charge in [-0.25, -0.2) is 19.5 Å². The Bertz CT molecular complexity index is 2400. The number of anilines is 2. The zero-order valence-corrected chi connectivity index (χ0v) is 44.3. The molecule has 0 spiro atoms. The van der Waals surface area contributed by atoms with Crippen LogP contribution < -0.4 is 27.4 Å². The summed E-state index contributed by atoms with van der Waals surface area (Å²) in [6.07, 6.45) is 19.2. The smallest absolute Gasteiger partial charge is 0.468 e. The van der Waals surface area contributed by atoms with Crippen molar-refractivity contribution in [3.8, 4) is 0 Å². The van der Waals surface area contributed by atoms with Crippen molar-refractivity contribution in [2.75, 3.05) is 37.4 Å². The quantitative estimate of drug-likeness (QED) is 0.0165. The van der Waals surface area contributed by atoms with Crippen molar-refractivity contribution in [1.29, 1.82) is 0 Å². The summed E-state index contributed by atoms with van der Waals surface area (Å²) >= 11 is 16.1. The Balaban J connectivity index is 0.925. The number of hydrogen-bond acceptors (Lipinski definition) is 18. The Morgan fingerprint density at radius 1 is 0.929 bits per heavy atom. The lowest BCUT2D eigenvalue weighted by atomic mass is 10.0. The first-order valence-corrected chi connectivity index (χ1v) is 29.3. The molecule has 70 heavy (non-hydrogen) atoms. The Morgan fingerprint density at radius 2 is 1.59 bits per heavy atom. The van der Waals surface area contributed by atoms with Crippen molar-refractivity contribution in [3.63, 3.8) is 0 Å². The lowest BCUT2D eigenvalue weighted by Gasteiger charge is -2.34. The molecule has 6 rings (SSSR count). The fourth-order valence-corrected chi connectivity index (χ4v) is 11.1. The maximum atomic E-state index is 13.1. The zero-order valence-electron chi connectivity index (χ0n) is 40.1. The molecule has 392 valence electrons. The minimum atomic E-state index is -4.61. The van der Waals surface area contributed by atoms with Crippen LogP contribution in [0.25, 0.3) is 11.2 Å². The number of thiocarbonyl (C=S) groups is 1. The highest BCUT2D eigenvalue weighted by atomic mass is 32.5. The van der Waals surface area contributed by atoms with Crippen LogP contribution in [0.4, 0.5) is 11.8 Å². The second kappa shape index (κ2) is 26.7. The molecule has 6 heterocycles. The number of aliphatic hydroxyl groups is 1. The molecule has 5 unspecified atom stereocenters. The molecule has 22 nitrogen and oxygen atoms in total. The first kappa shape index (κ1) is 56.1. The summed E-state index contributed by atoms with van der Waals surface area (Å²) in [4.78, 5) is 50.2. The lowest BCUT2D eigenvalue weighted by Crippen LogP contribution is -2.62. The first-order valence-electron chi connectivity index (χ1n) is 24.4. The van der Waals surface area contributed by atoms with Gasteiger partial charge in [-0.3, -0.25) is 33.2 Å². The number of phosphoric acid groups is 1. The number of hydrogen-bond donors (Lipinski definition) is 9. The number of amides is 1. The van der Waals surface area contributed by atoms with E-state index in [9.17, 15) is 24.3 Å². The molecule has 1 saturated heterocycles. The van der Waals surface area contributed by atoms with Gasteiger partial charge >= 0.3 is 14.5 Å². The van der Waals surface area contributed by atoms with Crippen LogP contribution in [0.3, 0.4) is 0 Å². The van der Waals surface area contributed by atoms with Crippen molar-refractivity contribution in [1.82, 2.24) is 39.7 Å². The molecule has 3 aliphatic rings. The van der Waals surface area contributed by atoms with E-state index in [0.717, 1.165) is 25.7 Å². The van der Waals surface area contributed by atoms with Gasteiger partial charge in [-0.15, -0.1) is 0 Å². The number of H-pyrrole nitrogens is 1. The van der Waals surface area contributed by atoms with E-state index in [1.807, 2.05) is 0 Å². The number of aromatic nitrogens is 6. The molecule has 3 aliphatic heterocycles. The van der Waals surface area contributed by atoms with Crippen LogP contribution in [-0.4, -0.2) is 99.2 Å². The molecule has 0 aromatic carbocycles. The Morgan fingerprint density at radius 3 is 2.30 bits per heavy atom. The second-order valence-corrected chi connectivity index (χ2v) is 23.2. The zero-order chi connectivity index (χ0) is 50.3. The minimum absolute atomic E-state index is 0.0288. The van der Waals surface area contributed by atoms with Crippen LogP contribution in [0, 0.1) is 4.64 Å². The van der Waals surface area contributed by atoms with Crippen LogP contribution in [0.5, 0.6) is 0 Å². The van der Waals surface area contributed by atoms with E-state index < -0.39 is 51.6 Å². The lowest BCUT2D eigenvalue weighted by molar-refractivity contribution is -0.121. The number of carbonyl (C=O) groups excluding carboxylic acids is 1. The number of nitrogens with zero attached hydrogens (tertiary/aromatic N) is 5. The van der Waals surface area contributed by atoms with Crippen molar-refractivity contribution in [2.45, 2.75) is 173 Å². The normalized spacial score (nSPS) is 22.9.